The van der Waals surface area contributed by atoms with Gasteiger partial charge in [-0.2, -0.15) is 18.3 Å². The van der Waals surface area contributed by atoms with E-state index in [9.17, 15) is 18.0 Å². The summed E-state index contributed by atoms with van der Waals surface area (Å²) in [5.74, 6) is -0.354. The SMILES string of the molecule is Cc1cc(C(F)(F)F)nn1CC(=O)N(C)c1ccc(N(C)C)cc1. The zero-order chi connectivity index (χ0) is 18.1. The van der Waals surface area contributed by atoms with E-state index in [1.807, 2.05) is 31.1 Å². The predicted molar refractivity (Wildman–Crippen MR) is 86.1 cm³/mol. The van der Waals surface area contributed by atoms with Crippen LogP contribution in [0, 0.1) is 6.92 Å². The second kappa shape index (κ2) is 6.54. The first-order valence-electron chi connectivity index (χ1n) is 7.25. The zero-order valence-electron chi connectivity index (χ0n) is 13.9. The van der Waals surface area contributed by atoms with Gasteiger partial charge < -0.3 is 9.80 Å². The molecule has 24 heavy (non-hydrogen) atoms. The number of aryl methyl sites for hydroxylation is 1. The molecule has 0 saturated carbocycles. The van der Waals surface area contributed by atoms with Gasteiger partial charge >= 0.3 is 6.18 Å². The highest BCUT2D eigenvalue weighted by molar-refractivity contribution is 5.92. The molecular weight excluding hydrogens is 321 g/mol. The molecule has 0 aliphatic carbocycles. The minimum absolute atomic E-state index is 0.256. The first-order valence-corrected chi connectivity index (χ1v) is 7.25. The predicted octanol–water partition coefficient (Wildman–Crippen LogP) is 2.94. The van der Waals surface area contributed by atoms with E-state index in [0.29, 0.717) is 5.69 Å². The number of aromatic nitrogens is 2. The van der Waals surface area contributed by atoms with Gasteiger partial charge in [0.2, 0.25) is 5.91 Å². The van der Waals surface area contributed by atoms with Crippen molar-refractivity contribution in [2.75, 3.05) is 30.9 Å². The lowest BCUT2D eigenvalue weighted by molar-refractivity contribution is -0.141. The van der Waals surface area contributed by atoms with Crippen LogP contribution in [0.1, 0.15) is 11.4 Å². The summed E-state index contributed by atoms with van der Waals surface area (Å²) in [7, 11) is 5.39. The summed E-state index contributed by atoms with van der Waals surface area (Å²) in [6.07, 6.45) is -4.52. The fourth-order valence-electron chi connectivity index (χ4n) is 2.16. The van der Waals surface area contributed by atoms with E-state index in [2.05, 4.69) is 5.10 Å². The molecule has 8 heteroatoms. The van der Waals surface area contributed by atoms with Gasteiger partial charge in [-0.05, 0) is 37.3 Å². The Balaban J connectivity index is 2.13. The van der Waals surface area contributed by atoms with Crippen molar-refractivity contribution < 1.29 is 18.0 Å². The van der Waals surface area contributed by atoms with Crippen molar-refractivity contribution in [1.82, 2.24) is 9.78 Å². The molecule has 0 aliphatic rings. The summed E-state index contributed by atoms with van der Waals surface area (Å²) in [6.45, 7) is 1.23. The highest BCUT2D eigenvalue weighted by atomic mass is 19.4. The van der Waals surface area contributed by atoms with Crippen LogP contribution >= 0.6 is 0 Å². The van der Waals surface area contributed by atoms with Crippen molar-refractivity contribution >= 4 is 17.3 Å². The molecule has 0 aliphatic heterocycles. The Kier molecular flexibility index (Phi) is 4.86. The molecule has 1 aromatic carbocycles. The summed E-state index contributed by atoms with van der Waals surface area (Å²) in [4.78, 5) is 15.6. The van der Waals surface area contributed by atoms with Crippen LogP contribution in [0.25, 0.3) is 0 Å². The zero-order valence-corrected chi connectivity index (χ0v) is 13.9. The molecule has 2 rings (SSSR count). The smallest absolute Gasteiger partial charge is 0.378 e. The van der Waals surface area contributed by atoms with Gasteiger partial charge in [-0.3, -0.25) is 9.48 Å². The number of hydrogen-bond acceptors (Lipinski definition) is 3. The molecule has 0 saturated heterocycles. The first kappa shape index (κ1) is 17.8. The fraction of sp³-hybridized carbons (Fsp3) is 0.375. The quantitative estimate of drug-likeness (QED) is 0.859. The van der Waals surface area contributed by atoms with Crippen molar-refractivity contribution in [3.05, 3.63) is 41.7 Å². The van der Waals surface area contributed by atoms with Gasteiger partial charge in [0.05, 0.1) is 0 Å². The second-order valence-electron chi connectivity index (χ2n) is 5.69. The van der Waals surface area contributed by atoms with Crippen LogP contribution < -0.4 is 9.80 Å². The maximum Gasteiger partial charge on any atom is 0.435 e. The monoisotopic (exact) mass is 340 g/mol. The van der Waals surface area contributed by atoms with Crippen LogP contribution in [0.15, 0.2) is 30.3 Å². The van der Waals surface area contributed by atoms with Gasteiger partial charge in [0.1, 0.15) is 6.54 Å². The van der Waals surface area contributed by atoms with E-state index in [1.54, 1.807) is 19.2 Å². The third-order valence-electron chi connectivity index (χ3n) is 3.68. The Morgan fingerprint density at radius 3 is 2.12 bits per heavy atom. The Morgan fingerprint density at radius 1 is 1.12 bits per heavy atom. The van der Waals surface area contributed by atoms with Crippen molar-refractivity contribution in [1.29, 1.82) is 0 Å². The summed E-state index contributed by atoms with van der Waals surface area (Å²) >= 11 is 0. The average molecular weight is 340 g/mol. The summed E-state index contributed by atoms with van der Waals surface area (Å²) < 4.78 is 39.1. The molecular formula is C16H19F3N4O. The molecule has 5 nitrogen and oxygen atoms in total. The van der Waals surface area contributed by atoms with Crippen molar-refractivity contribution in [3.63, 3.8) is 0 Å². The lowest BCUT2D eigenvalue weighted by Crippen LogP contribution is -2.30. The lowest BCUT2D eigenvalue weighted by atomic mass is 10.2. The number of hydrogen-bond donors (Lipinski definition) is 0. The first-order chi connectivity index (χ1) is 11.1. The van der Waals surface area contributed by atoms with E-state index >= 15 is 0 Å². The second-order valence-corrected chi connectivity index (χ2v) is 5.69. The maximum atomic E-state index is 12.7. The standard InChI is InChI=1S/C16H19F3N4O/c1-11-9-14(16(17,18)19)20-23(11)10-15(24)22(4)13-7-5-12(6-8-13)21(2)3/h5-9H,10H2,1-4H3. The number of carbonyl (C=O) groups excluding carboxylic acids is 1. The summed E-state index contributed by atoms with van der Waals surface area (Å²) in [5.41, 5.74) is 0.932. The van der Waals surface area contributed by atoms with Crippen molar-refractivity contribution in [2.45, 2.75) is 19.6 Å². The average Bonchev–Trinajstić information content (AvgIpc) is 2.87. The molecule has 0 atom stereocenters. The van der Waals surface area contributed by atoms with E-state index in [-0.39, 0.29) is 18.1 Å². The molecule has 0 N–H and O–H groups in total. The van der Waals surface area contributed by atoms with Crippen LogP contribution in [0.2, 0.25) is 0 Å². The number of anilines is 2. The van der Waals surface area contributed by atoms with E-state index in [0.717, 1.165) is 16.4 Å². The summed E-state index contributed by atoms with van der Waals surface area (Å²) in [6, 6.07) is 8.22. The number of benzene rings is 1. The Morgan fingerprint density at radius 2 is 1.67 bits per heavy atom. The molecule has 0 spiro atoms. The highest BCUT2D eigenvalue weighted by Gasteiger charge is 2.34. The van der Waals surface area contributed by atoms with Gasteiger partial charge in [0, 0.05) is 38.2 Å². The van der Waals surface area contributed by atoms with E-state index < -0.39 is 11.9 Å². The van der Waals surface area contributed by atoms with E-state index in [1.165, 1.54) is 11.8 Å². The maximum absolute atomic E-state index is 12.7. The van der Waals surface area contributed by atoms with Crippen molar-refractivity contribution in [2.24, 2.45) is 0 Å². The molecule has 0 radical (unpaired) electrons. The number of carbonyl (C=O) groups is 1. The number of nitrogens with zero attached hydrogens (tertiary/aromatic N) is 4. The number of amides is 1. The molecule has 130 valence electrons. The van der Waals surface area contributed by atoms with Gasteiger partial charge in [-0.15, -0.1) is 0 Å². The molecule has 0 unspecified atom stereocenters. The van der Waals surface area contributed by atoms with Gasteiger partial charge in [-0.1, -0.05) is 0 Å². The number of likely N-dealkylation sites (N-methyl/N-ethyl adjacent to an activating group) is 1. The van der Waals surface area contributed by atoms with Crippen molar-refractivity contribution in [3.8, 4) is 0 Å². The molecule has 1 amide bonds. The number of rotatable bonds is 4. The topological polar surface area (TPSA) is 41.4 Å². The fourth-order valence-corrected chi connectivity index (χ4v) is 2.16. The third kappa shape index (κ3) is 3.87. The summed E-state index contributed by atoms with van der Waals surface area (Å²) in [5, 5.41) is 3.47. The third-order valence-corrected chi connectivity index (χ3v) is 3.68. The highest BCUT2D eigenvalue weighted by Crippen LogP contribution is 2.28. The molecule has 0 fully saturated rings. The Hall–Kier alpha value is -2.51. The van der Waals surface area contributed by atoms with Gasteiger partial charge in [0.25, 0.3) is 0 Å². The van der Waals surface area contributed by atoms with Crippen LogP contribution in [-0.4, -0.2) is 36.8 Å². The molecule has 1 aromatic heterocycles. The van der Waals surface area contributed by atoms with Crippen LogP contribution in [0.4, 0.5) is 24.5 Å². The van der Waals surface area contributed by atoms with E-state index in [4.69, 9.17) is 0 Å². The van der Waals surface area contributed by atoms with Gasteiger partial charge in [0.15, 0.2) is 5.69 Å². The van der Waals surface area contributed by atoms with Crippen LogP contribution in [0.3, 0.4) is 0 Å². The molecule has 2 aromatic rings. The van der Waals surface area contributed by atoms with Crippen LogP contribution in [-0.2, 0) is 17.5 Å². The minimum atomic E-state index is -4.52. The number of halogens is 3. The largest absolute Gasteiger partial charge is 0.435 e. The Labute approximate surface area is 138 Å². The molecule has 0 bridgehead atoms. The van der Waals surface area contributed by atoms with Crippen LogP contribution in [0.5, 0.6) is 0 Å². The normalized spacial score (nSPS) is 11.5. The number of alkyl halides is 3. The lowest BCUT2D eigenvalue weighted by Gasteiger charge is -2.19. The van der Waals surface area contributed by atoms with Gasteiger partial charge in [-0.25, -0.2) is 0 Å². The molecule has 1 heterocycles. The Bertz CT molecular complexity index is 720. The minimum Gasteiger partial charge on any atom is -0.378 e.